The van der Waals surface area contributed by atoms with Crippen molar-refractivity contribution in [2.24, 2.45) is 20.0 Å². The Labute approximate surface area is 311 Å². The van der Waals surface area contributed by atoms with Crippen LogP contribution in [0.15, 0.2) is 141 Å². The summed E-state index contributed by atoms with van der Waals surface area (Å²) in [4.78, 5) is 28.6. The Hall–Kier alpha value is -3.16. The van der Waals surface area contributed by atoms with Gasteiger partial charge in [0.05, 0.1) is 68.4 Å². The monoisotopic (exact) mass is 800 g/mol. The Kier molecular flexibility index (Phi) is 17.8. The summed E-state index contributed by atoms with van der Waals surface area (Å²) < 4.78 is 0. The molecule has 12 heteroatoms. The summed E-state index contributed by atoms with van der Waals surface area (Å²) in [5.74, 6) is 0. The quantitative estimate of drug-likeness (QED) is 0.116. The van der Waals surface area contributed by atoms with Gasteiger partial charge in [-0.3, -0.25) is 20.0 Å². The van der Waals surface area contributed by atoms with Crippen molar-refractivity contribution in [3.05, 3.63) is 144 Å². The third kappa shape index (κ3) is 13.4. The molecule has 48 heavy (non-hydrogen) atoms. The standard InChI is InChI=1S/C36H32N6.4ClH.2Fe/c1-25(37-29-13-7-5-8-14-29)33-17-11-19-35(41-33)27(3)39-31-21-23-32(24-22-31)40-28(4)36-20-12-18-34(42-36)26(2)38-30-15-9-6-10-16-30;;;;;;/h5-24H,1-4H3;4*1H;;/q;;;;;2*+2/p-4. The molecule has 0 aliphatic rings. The van der Waals surface area contributed by atoms with E-state index in [1.807, 2.05) is 149 Å². The van der Waals surface area contributed by atoms with Gasteiger partial charge < -0.3 is 0 Å². The molecule has 3 aromatic carbocycles. The van der Waals surface area contributed by atoms with Gasteiger partial charge in [0.1, 0.15) is 0 Å². The predicted octanol–water partition coefficient (Wildman–Crippen LogP) is 11.8. The van der Waals surface area contributed by atoms with Crippen LogP contribution in [0.2, 0.25) is 0 Å². The number of hydrogen-bond acceptors (Lipinski definition) is 6. The fourth-order valence-electron chi connectivity index (χ4n) is 4.29. The van der Waals surface area contributed by atoms with Crippen LogP contribution in [-0.2, 0) is 26.3 Å². The third-order valence-electron chi connectivity index (χ3n) is 6.53. The zero-order valence-electron chi connectivity index (χ0n) is 26.4. The van der Waals surface area contributed by atoms with Crippen molar-refractivity contribution in [3.8, 4) is 0 Å². The van der Waals surface area contributed by atoms with E-state index in [9.17, 15) is 0 Å². The Balaban J connectivity index is 0.000000969. The number of aromatic nitrogens is 2. The van der Waals surface area contributed by atoms with Gasteiger partial charge in [0.25, 0.3) is 0 Å². The molecule has 2 heterocycles. The second kappa shape index (κ2) is 21.7. The van der Waals surface area contributed by atoms with Crippen LogP contribution in [-0.4, -0.2) is 32.8 Å². The first-order valence-electron chi connectivity index (χ1n) is 14.3. The summed E-state index contributed by atoms with van der Waals surface area (Å²) in [6, 6.07) is 39.5. The first-order chi connectivity index (χ1) is 23.3. The fraction of sp³-hybridized carbons (Fsp3) is 0.111. The van der Waals surface area contributed by atoms with E-state index >= 15 is 0 Å². The summed E-state index contributed by atoms with van der Waals surface area (Å²) >= 11 is 0.389. The predicted molar refractivity (Wildman–Crippen MR) is 199 cm³/mol. The maximum atomic E-state index is 4.80. The van der Waals surface area contributed by atoms with E-state index in [1.54, 1.807) is 0 Å². The van der Waals surface area contributed by atoms with Crippen LogP contribution in [0.25, 0.3) is 0 Å². The summed E-state index contributed by atoms with van der Waals surface area (Å²) in [5.41, 5.74) is 10.1. The first kappa shape index (κ1) is 39.3. The number of benzene rings is 3. The molecule has 250 valence electrons. The van der Waals surface area contributed by atoms with E-state index < -0.39 is 0 Å². The van der Waals surface area contributed by atoms with Crippen molar-refractivity contribution < 1.29 is 26.3 Å². The summed E-state index contributed by atoms with van der Waals surface area (Å²) in [6.45, 7) is 7.87. The molecule has 0 saturated heterocycles. The minimum absolute atomic E-state index is 0.194. The van der Waals surface area contributed by atoms with Crippen molar-refractivity contribution in [1.82, 2.24) is 9.97 Å². The summed E-state index contributed by atoms with van der Waals surface area (Å²) in [6.07, 6.45) is 0. The number of hydrogen-bond donors (Lipinski definition) is 0. The van der Waals surface area contributed by atoms with E-state index in [4.69, 9.17) is 70.3 Å². The molecule has 0 spiro atoms. The molecule has 0 atom stereocenters. The molecule has 0 amide bonds. The molecule has 6 nitrogen and oxygen atoms in total. The zero-order chi connectivity index (χ0) is 34.7. The molecule has 0 radical (unpaired) electrons. The Morgan fingerprint density at radius 1 is 0.375 bits per heavy atom. The SMILES string of the molecule is CC(=Nc1ccccc1)c1cccc(C(C)=Nc2ccc(N=C(C)c3cccc(C(C)=Nc4ccccc4)n3)cc2)n1.[Cl][Fe][Cl].[Cl][Fe][Cl]. The second-order valence-corrected chi connectivity index (χ2v) is 13.5. The Morgan fingerprint density at radius 3 is 0.854 bits per heavy atom. The molecule has 0 saturated carbocycles. The molecule has 0 aliphatic heterocycles. The van der Waals surface area contributed by atoms with Crippen LogP contribution >= 0.6 is 40.4 Å². The van der Waals surface area contributed by atoms with Crippen molar-refractivity contribution >= 4 is 86.0 Å². The van der Waals surface area contributed by atoms with Crippen molar-refractivity contribution in [3.63, 3.8) is 0 Å². The van der Waals surface area contributed by atoms with Crippen LogP contribution in [0, 0.1) is 0 Å². The van der Waals surface area contributed by atoms with Crippen LogP contribution in [0.3, 0.4) is 0 Å². The third-order valence-corrected chi connectivity index (χ3v) is 6.53. The average molecular weight is 802 g/mol. The molecular formula is C36H32Cl4Fe2N6. The molecule has 0 bridgehead atoms. The molecule has 5 rings (SSSR count). The van der Waals surface area contributed by atoms with Crippen LogP contribution < -0.4 is 0 Å². The Morgan fingerprint density at radius 2 is 0.604 bits per heavy atom. The van der Waals surface area contributed by atoms with Gasteiger partial charge in [0.2, 0.25) is 0 Å². The number of pyridine rings is 2. The van der Waals surface area contributed by atoms with Crippen LogP contribution in [0.5, 0.6) is 0 Å². The van der Waals surface area contributed by atoms with E-state index in [2.05, 4.69) is 0 Å². The summed E-state index contributed by atoms with van der Waals surface area (Å²) in [7, 11) is 19.1. The molecule has 5 aromatic rings. The van der Waals surface area contributed by atoms with Crippen LogP contribution in [0.4, 0.5) is 22.7 Å². The van der Waals surface area contributed by atoms with Gasteiger partial charge in [0, 0.05) is 0 Å². The topological polar surface area (TPSA) is 75.2 Å². The molecule has 0 fully saturated rings. The van der Waals surface area contributed by atoms with Crippen LogP contribution in [0.1, 0.15) is 50.5 Å². The van der Waals surface area contributed by atoms with Crippen molar-refractivity contribution in [2.75, 3.05) is 0 Å². The summed E-state index contributed by atoms with van der Waals surface area (Å²) in [5, 5.41) is 0. The zero-order valence-corrected chi connectivity index (χ0v) is 31.7. The number of nitrogens with zero attached hydrogens (tertiary/aromatic N) is 6. The van der Waals surface area contributed by atoms with Gasteiger partial charge in [0.15, 0.2) is 0 Å². The number of aliphatic imine (C=N–C) groups is 4. The molecule has 0 N–H and O–H groups in total. The van der Waals surface area contributed by atoms with Gasteiger partial charge in [-0.25, -0.2) is 9.97 Å². The molecule has 2 aromatic heterocycles. The Bertz CT molecular complexity index is 1710. The average Bonchev–Trinajstić information content (AvgIpc) is 3.11. The number of halogens is 4. The van der Waals surface area contributed by atoms with E-state index in [-0.39, 0.29) is 26.3 Å². The van der Waals surface area contributed by atoms with Gasteiger partial charge in [-0.15, -0.1) is 0 Å². The van der Waals surface area contributed by atoms with Crippen molar-refractivity contribution in [2.45, 2.75) is 27.7 Å². The second-order valence-electron chi connectivity index (χ2n) is 9.89. The molecular weight excluding hydrogens is 770 g/mol. The number of rotatable bonds is 8. The normalized spacial score (nSPS) is 12.2. The van der Waals surface area contributed by atoms with E-state index in [1.165, 1.54) is 0 Å². The molecule has 0 aliphatic carbocycles. The van der Waals surface area contributed by atoms with E-state index in [0.717, 1.165) is 68.4 Å². The van der Waals surface area contributed by atoms with Crippen molar-refractivity contribution in [1.29, 1.82) is 0 Å². The minimum atomic E-state index is 0.194. The van der Waals surface area contributed by atoms with Gasteiger partial charge in [-0.05, 0) is 100 Å². The van der Waals surface area contributed by atoms with E-state index in [0.29, 0.717) is 0 Å². The maximum absolute atomic E-state index is 4.80. The number of para-hydroxylation sites is 2. The van der Waals surface area contributed by atoms with Gasteiger partial charge in [-0.2, -0.15) is 0 Å². The molecule has 0 unspecified atom stereocenters. The van der Waals surface area contributed by atoms with Gasteiger partial charge in [-0.1, -0.05) is 48.5 Å². The fourth-order valence-corrected chi connectivity index (χ4v) is 4.29. The van der Waals surface area contributed by atoms with Gasteiger partial charge >= 0.3 is 66.7 Å². The first-order valence-corrected chi connectivity index (χ1v) is 20.4.